The van der Waals surface area contributed by atoms with Crippen LogP contribution in [0.1, 0.15) is 23.3 Å². The molecule has 0 fully saturated rings. The van der Waals surface area contributed by atoms with E-state index in [0.29, 0.717) is 0 Å². The van der Waals surface area contributed by atoms with Gasteiger partial charge in [-0.1, -0.05) is 11.5 Å². The fourth-order valence-electron chi connectivity index (χ4n) is 1.40. The molecule has 1 aromatic heterocycles. The zero-order valence-electron chi connectivity index (χ0n) is 5.64. The van der Waals surface area contributed by atoms with Gasteiger partial charge in [0.15, 0.2) is 0 Å². The van der Waals surface area contributed by atoms with Crippen LogP contribution in [-0.4, -0.2) is 4.37 Å². The largest absolute Gasteiger partial charge is 0.277 e. The third kappa shape index (κ3) is 0.814. The first kappa shape index (κ1) is 6.16. The SMILES string of the molecule is O=c1[nH]sc2c1CCCC2. The van der Waals surface area contributed by atoms with Crippen LogP contribution in [0.3, 0.4) is 0 Å². The first-order valence-corrected chi connectivity index (χ1v) is 4.39. The number of rotatable bonds is 0. The lowest BCUT2D eigenvalue weighted by atomic mass is 10.0. The van der Waals surface area contributed by atoms with E-state index in [-0.39, 0.29) is 5.56 Å². The van der Waals surface area contributed by atoms with Gasteiger partial charge in [-0.05, 0) is 25.7 Å². The van der Waals surface area contributed by atoms with Crippen LogP contribution in [-0.2, 0) is 12.8 Å². The van der Waals surface area contributed by atoms with Crippen molar-refractivity contribution < 1.29 is 0 Å². The molecule has 10 heavy (non-hydrogen) atoms. The predicted molar refractivity (Wildman–Crippen MR) is 41.6 cm³/mol. The molecule has 1 aromatic rings. The molecule has 3 heteroatoms. The van der Waals surface area contributed by atoms with Crippen LogP contribution in [0.5, 0.6) is 0 Å². The van der Waals surface area contributed by atoms with Crippen molar-refractivity contribution in [2.45, 2.75) is 25.7 Å². The van der Waals surface area contributed by atoms with Gasteiger partial charge in [-0.2, -0.15) is 0 Å². The topological polar surface area (TPSA) is 32.9 Å². The Kier molecular flexibility index (Phi) is 1.38. The van der Waals surface area contributed by atoms with Gasteiger partial charge >= 0.3 is 0 Å². The smallest absolute Gasteiger partial charge is 0.261 e. The summed E-state index contributed by atoms with van der Waals surface area (Å²) in [5.41, 5.74) is 1.20. The highest BCUT2D eigenvalue weighted by molar-refractivity contribution is 7.05. The minimum Gasteiger partial charge on any atom is -0.277 e. The van der Waals surface area contributed by atoms with Crippen LogP contribution in [0.2, 0.25) is 0 Å². The van der Waals surface area contributed by atoms with E-state index in [1.54, 1.807) is 0 Å². The molecule has 0 atom stereocenters. The molecule has 0 radical (unpaired) electrons. The maximum absolute atomic E-state index is 11.0. The second-order valence-electron chi connectivity index (χ2n) is 2.64. The van der Waals surface area contributed by atoms with Gasteiger partial charge in [0.2, 0.25) is 0 Å². The summed E-state index contributed by atoms with van der Waals surface area (Å²) in [5.74, 6) is 0. The van der Waals surface area contributed by atoms with Crippen molar-refractivity contribution in [3.63, 3.8) is 0 Å². The van der Waals surface area contributed by atoms with Gasteiger partial charge < -0.3 is 0 Å². The summed E-state index contributed by atoms with van der Waals surface area (Å²) in [5, 5.41) is 0. The van der Waals surface area contributed by atoms with Gasteiger partial charge in [0.25, 0.3) is 5.56 Å². The predicted octanol–water partition coefficient (Wildman–Crippen LogP) is 1.32. The Labute approximate surface area is 63.0 Å². The highest BCUT2D eigenvalue weighted by Gasteiger charge is 2.13. The number of aromatic amines is 1. The molecule has 0 spiro atoms. The quantitative estimate of drug-likeness (QED) is 0.602. The second kappa shape index (κ2) is 2.23. The van der Waals surface area contributed by atoms with E-state index in [0.717, 1.165) is 18.4 Å². The van der Waals surface area contributed by atoms with Crippen molar-refractivity contribution >= 4 is 11.5 Å². The van der Waals surface area contributed by atoms with Crippen molar-refractivity contribution in [2.75, 3.05) is 0 Å². The molecule has 1 heterocycles. The summed E-state index contributed by atoms with van der Waals surface area (Å²) in [6.45, 7) is 0. The van der Waals surface area contributed by atoms with Gasteiger partial charge in [-0.3, -0.25) is 9.17 Å². The molecule has 0 unspecified atom stereocenters. The van der Waals surface area contributed by atoms with E-state index in [4.69, 9.17) is 0 Å². The van der Waals surface area contributed by atoms with E-state index in [1.807, 2.05) is 0 Å². The van der Waals surface area contributed by atoms with Gasteiger partial charge in [0.1, 0.15) is 0 Å². The number of aromatic nitrogens is 1. The summed E-state index contributed by atoms with van der Waals surface area (Å²) in [6.07, 6.45) is 4.54. The highest BCUT2D eigenvalue weighted by atomic mass is 32.1. The van der Waals surface area contributed by atoms with Crippen LogP contribution in [0.4, 0.5) is 0 Å². The molecule has 0 saturated heterocycles. The standard InChI is InChI=1S/C7H9NOS/c9-7-5-3-1-2-4-6(5)10-8-7/h1-4H2,(H,8,9). The molecule has 54 valence electrons. The number of aryl methyl sites for hydroxylation is 1. The zero-order chi connectivity index (χ0) is 6.97. The van der Waals surface area contributed by atoms with Gasteiger partial charge in [-0.15, -0.1) is 0 Å². The first-order valence-electron chi connectivity index (χ1n) is 3.57. The minimum absolute atomic E-state index is 0.153. The Morgan fingerprint density at radius 2 is 2.10 bits per heavy atom. The molecule has 0 saturated carbocycles. The Balaban J connectivity index is 2.55. The van der Waals surface area contributed by atoms with Crippen molar-refractivity contribution in [1.82, 2.24) is 4.37 Å². The third-order valence-corrected chi connectivity index (χ3v) is 2.94. The van der Waals surface area contributed by atoms with Gasteiger partial charge in [0, 0.05) is 10.4 Å². The van der Waals surface area contributed by atoms with Crippen LogP contribution in [0, 0.1) is 0 Å². The summed E-state index contributed by atoms with van der Waals surface area (Å²) in [4.78, 5) is 12.3. The number of fused-ring (bicyclic) bond motifs is 1. The molecule has 2 rings (SSSR count). The maximum atomic E-state index is 11.0. The maximum Gasteiger partial charge on any atom is 0.261 e. The molecule has 1 aliphatic rings. The lowest BCUT2D eigenvalue weighted by Gasteiger charge is -2.06. The van der Waals surface area contributed by atoms with E-state index in [2.05, 4.69) is 4.37 Å². The molecule has 0 bridgehead atoms. The first-order chi connectivity index (χ1) is 4.88. The lowest BCUT2D eigenvalue weighted by molar-refractivity contribution is 0.693. The Hall–Kier alpha value is -0.570. The monoisotopic (exact) mass is 155 g/mol. The van der Waals surface area contributed by atoms with E-state index in [1.165, 1.54) is 29.3 Å². The average Bonchev–Trinajstić information content (AvgIpc) is 2.34. The highest BCUT2D eigenvalue weighted by Crippen LogP contribution is 2.20. The molecular formula is C7H9NOS. The van der Waals surface area contributed by atoms with E-state index in [9.17, 15) is 4.79 Å². The van der Waals surface area contributed by atoms with Gasteiger partial charge in [-0.25, -0.2) is 0 Å². The number of hydrogen-bond acceptors (Lipinski definition) is 2. The molecule has 1 aliphatic carbocycles. The zero-order valence-corrected chi connectivity index (χ0v) is 6.46. The molecule has 2 nitrogen and oxygen atoms in total. The third-order valence-electron chi connectivity index (χ3n) is 1.96. The summed E-state index contributed by atoms with van der Waals surface area (Å²) >= 11 is 1.51. The van der Waals surface area contributed by atoms with Gasteiger partial charge in [0.05, 0.1) is 0 Å². The molecule has 0 aliphatic heterocycles. The van der Waals surface area contributed by atoms with E-state index >= 15 is 0 Å². The van der Waals surface area contributed by atoms with Crippen LogP contribution < -0.4 is 5.56 Å². The van der Waals surface area contributed by atoms with Crippen LogP contribution in [0.15, 0.2) is 4.79 Å². The Morgan fingerprint density at radius 3 is 2.90 bits per heavy atom. The fourth-order valence-corrected chi connectivity index (χ4v) is 2.30. The normalized spacial score (nSPS) is 16.8. The summed E-state index contributed by atoms with van der Waals surface area (Å²) in [7, 11) is 0. The lowest BCUT2D eigenvalue weighted by Crippen LogP contribution is -2.10. The Morgan fingerprint density at radius 1 is 1.30 bits per heavy atom. The number of H-pyrrole nitrogens is 1. The minimum atomic E-state index is 0.153. The molecule has 0 aromatic carbocycles. The summed E-state index contributed by atoms with van der Waals surface area (Å²) < 4.78 is 2.77. The van der Waals surface area contributed by atoms with Crippen molar-refractivity contribution in [3.8, 4) is 0 Å². The van der Waals surface area contributed by atoms with Crippen molar-refractivity contribution in [3.05, 3.63) is 20.8 Å². The summed E-state index contributed by atoms with van der Waals surface area (Å²) in [6, 6.07) is 0. The molecular weight excluding hydrogens is 146 g/mol. The van der Waals surface area contributed by atoms with E-state index < -0.39 is 0 Å². The van der Waals surface area contributed by atoms with Crippen molar-refractivity contribution in [1.29, 1.82) is 0 Å². The number of hydrogen-bond donors (Lipinski definition) is 1. The number of nitrogens with one attached hydrogen (secondary N) is 1. The second-order valence-corrected chi connectivity index (χ2v) is 3.54. The fraction of sp³-hybridized carbons (Fsp3) is 0.571. The van der Waals surface area contributed by atoms with Crippen LogP contribution in [0.25, 0.3) is 0 Å². The Bertz CT molecular complexity index is 286. The van der Waals surface area contributed by atoms with Crippen molar-refractivity contribution in [2.24, 2.45) is 0 Å². The average molecular weight is 155 g/mol. The molecule has 0 amide bonds. The molecule has 1 N–H and O–H groups in total. The van der Waals surface area contributed by atoms with Crippen LogP contribution >= 0.6 is 11.5 Å².